The number of nitrogens with one attached hydrogen (secondary N) is 1. The minimum Gasteiger partial charge on any atom is -0.443 e. The molecule has 7 heteroatoms. The van der Waals surface area contributed by atoms with Crippen LogP contribution < -0.4 is 10.9 Å². The number of rotatable bonds is 8. The first-order chi connectivity index (χ1) is 11.0. The Bertz CT molecular complexity index is 733. The van der Waals surface area contributed by atoms with E-state index in [-0.39, 0.29) is 17.9 Å². The van der Waals surface area contributed by atoms with Gasteiger partial charge < -0.3 is 14.5 Å². The maximum absolute atomic E-state index is 12.4. The van der Waals surface area contributed by atoms with E-state index in [0.717, 1.165) is 12.0 Å². The molecule has 0 saturated heterocycles. The lowest BCUT2D eigenvalue weighted by Crippen LogP contribution is -2.28. The number of ether oxygens (including phenoxy) is 1. The Morgan fingerprint density at radius 2 is 2.22 bits per heavy atom. The van der Waals surface area contributed by atoms with E-state index in [1.165, 1.54) is 10.9 Å². The van der Waals surface area contributed by atoms with Crippen LogP contribution in [0.1, 0.15) is 31.1 Å². The number of aryl methyl sites for hydroxylation is 3. The van der Waals surface area contributed by atoms with Gasteiger partial charge in [0, 0.05) is 38.3 Å². The van der Waals surface area contributed by atoms with Gasteiger partial charge in [-0.3, -0.25) is 14.2 Å². The molecule has 0 aliphatic carbocycles. The van der Waals surface area contributed by atoms with Gasteiger partial charge in [0.05, 0.1) is 0 Å². The SMILES string of the molecule is CCOCCCNC(=O)CCn1cnc2oc(C)c(C)c2c1=O. The second kappa shape index (κ2) is 7.92. The summed E-state index contributed by atoms with van der Waals surface area (Å²) in [6.45, 7) is 7.75. The highest BCUT2D eigenvalue weighted by Crippen LogP contribution is 2.18. The summed E-state index contributed by atoms with van der Waals surface area (Å²) in [6, 6.07) is 0. The molecule has 0 saturated carbocycles. The molecule has 0 radical (unpaired) electrons. The Morgan fingerprint density at radius 3 is 2.96 bits per heavy atom. The highest BCUT2D eigenvalue weighted by molar-refractivity contribution is 5.77. The van der Waals surface area contributed by atoms with Gasteiger partial charge in [-0.2, -0.15) is 0 Å². The van der Waals surface area contributed by atoms with Crippen LogP contribution in [0.5, 0.6) is 0 Å². The van der Waals surface area contributed by atoms with Crippen molar-refractivity contribution in [3.8, 4) is 0 Å². The summed E-state index contributed by atoms with van der Waals surface area (Å²) in [4.78, 5) is 28.4. The molecule has 126 valence electrons. The van der Waals surface area contributed by atoms with Gasteiger partial charge in [-0.15, -0.1) is 0 Å². The molecule has 0 bridgehead atoms. The number of carbonyl (C=O) groups is 1. The standard InChI is InChI=1S/C16H23N3O4/c1-4-22-9-5-7-17-13(20)6-8-19-10-18-15-14(16(19)21)11(2)12(3)23-15/h10H,4-9H2,1-3H3,(H,17,20). The van der Waals surface area contributed by atoms with Gasteiger partial charge in [0.1, 0.15) is 17.5 Å². The Kier molecular flexibility index (Phi) is 5.92. The molecule has 2 rings (SSSR count). The molecule has 2 aromatic heterocycles. The topological polar surface area (TPSA) is 86.4 Å². The molecule has 1 amide bonds. The summed E-state index contributed by atoms with van der Waals surface area (Å²) < 4.78 is 12.1. The molecule has 2 heterocycles. The molecule has 1 N–H and O–H groups in total. The van der Waals surface area contributed by atoms with Gasteiger partial charge in [0.15, 0.2) is 0 Å². The number of furan rings is 1. The number of hydrogen-bond acceptors (Lipinski definition) is 5. The number of amides is 1. The zero-order valence-corrected chi connectivity index (χ0v) is 13.8. The Hall–Kier alpha value is -2.15. The molecule has 7 nitrogen and oxygen atoms in total. The number of aromatic nitrogens is 2. The Balaban J connectivity index is 1.92. The third-order valence-electron chi connectivity index (χ3n) is 3.73. The van der Waals surface area contributed by atoms with Crippen LogP contribution in [-0.2, 0) is 16.1 Å². The van der Waals surface area contributed by atoms with Crippen molar-refractivity contribution in [3.63, 3.8) is 0 Å². The Morgan fingerprint density at radius 1 is 1.43 bits per heavy atom. The largest absolute Gasteiger partial charge is 0.443 e. The van der Waals surface area contributed by atoms with Crippen LogP contribution >= 0.6 is 0 Å². The highest BCUT2D eigenvalue weighted by atomic mass is 16.5. The van der Waals surface area contributed by atoms with Crippen LogP contribution in [0.4, 0.5) is 0 Å². The molecule has 0 unspecified atom stereocenters. The number of fused-ring (bicyclic) bond motifs is 1. The van der Waals surface area contributed by atoms with E-state index >= 15 is 0 Å². The van der Waals surface area contributed by atoms with E-state index in [0.29, 0.717) is 43.2 Å². The molecule has 0 spiro atoms. The van der Waals surface area contributed by atoms with E-state index in [1.54, 1.807) is 6.92 Å². The second-order valence-corrected chi connectivity index (χ2v) is 5.36. The molecular weight excluding hydrogens is 298 g/mol. The van der Waals surface area contributed by atoms with Crippen LogP contribution in [0.3, 0.4) is 0 Å². The second-order valence-electron chi connectivity index (χ2n) is 5.36. The fraction of sp³-hybridized carbons (Fsp3) is 0.562. The Labute approximate surface area is 134 Å². The molecule has 23 heavy (non-hydrogen) atoms. The van der Waals surface area contributed by atoms with Gasteiger partial charge in [-0.25, -0.2) is 4.98 Å². The first kappa shape index (κ1) is 17.2. The predicted octanol–water partition coefficient (Wildman–Crippen LogP) is 1.54. The monoisotopic (exact) mass is 321 g/mol. The van der Waals surface area contributed by atoms with Crippen molar-refractivity contribution in [2.45, 2.75) is 40.2 Å². The minimum absolute atomic E-state index is 0.0893. The smallest absolute Gasteiger partial charge is 0.264 e. The first-order valence-electron chi connectivity index (χ1n) is 7.84. The summed E-state index contributed by atoms with van der Waals surface area (Å²) in [6.07, 6.45) is 2.44. The van der Waals surface area contributed by atoms with Crippen LogP contribution in [0.15, 0.2) is 15.5 Å². The average Bonchev–Trinajstić information content (AvgIpc) is 2.82. The summed E-state index contributed by atoms with van der Waals surface area (Å²) in [7, 11) is 0. The summed E-state index contributed by atoms with van der Waals surface area (Å²) >= 11 is 0. The van der Waals surface area contributed by atoms with Crippen molar-refractivity contribution in [2.24, 2.45) is 0 Å². The van der Waals surface area contributed by atoms with Gasteiger partial charge >= 0.3 is 0 Å². The maximum atomic E-state index is 12.4. The number of nitrogens with zero attached hydrogens (tertiary/aromatic N) is 2. The van der Waals surface area contributed by atoms with Gasteiger partial charge in [-0.05, 0) is 27.2 Å². The van der Waals surface area contributed by atoms with Gasteiger partial charge in [0.2, 0.25) is 11.6 Å². The normalized spacial score (nSPS) is 11.1. The fourth-order valence-corrected chi connectivity index (χ4v) is 2.29. The van der Waals surface area contributed by atoms with Gasteiger partial charge in [0.25, 0.3) is 5.56 Å². The fourth-order valence-electron chi connectivity index (χ4n) is 2.29. The minimum atomic E-state index is -0.173. The van der Waals surface area contributed by atoms with E-state index in [9.17, 15) is 9.59 Å². The lowest BCUT2D eigenvalue weighted by molar-refractivity contribution is -0.121. The van der Waals surface area contributed by atoms with Crippen molar-refractivity contribution >= 4 is 17.0 Å². The third kappa shape index (κ3) is 4.19. The quantitative estimate of drug-likeness (QED) is 0.745. The van der Waals surface area contributed by atoms with E-state index in [2.05, 4.69) is 10.3 Å². The van der Waals surface area contributed by atoms with E-state index in [1.807, 2.05) is 13.8 Å². The van der Waals surface area contributed by atoms with Crippen molar-refractivity contribution in [2.75, 3.05) is 19.8 Å². The molecule has 0 aliphatic heterocycles. The van der Waals surface area contributed by atoms with Crippen LogP contribution in [-0.4, -0.2) is 35.2 Å². The van der Waals surface area contributed by atoms with Crippen LogP contribution in [0, 0.1) is 13.8 Å². The molecule has 0 aromatic carbocycles. The molecule has 0 fully saturated rings. The van der Waals surface area contributed by atoms with E-state index in [4.69, 9.17) is 9.15 Å². The van der Waals surface area contributed by atoms with Crippen molar-refractivity contribution in [1.82, 2.24) is 14.9 Å². The number of carbonyl (C=O) groups excluding carboxylic acids is 1. The van der Waals surface area contributed by atoms with Crippen molar-refractivity contribution in [3.05, 3.63) is 28.0 Å². The molecule has 2 aromatic rings. The van der Waals surface area contributed by atoms with Crippen molar-refractivity contribution in [1.29, 1.82) is 0 Å². The van der Waals surface area contributed by atoms with Crippen LogP contribution in [0.25, 0.3) is 11.1 Å². The molecule has 0 atom stereocenters. The first-order valence-corrected chi connectivity index (χ1v) is 7.84. The summed E-state index contributed by atoms with van der Waals surface area (Å²) in [5, 5.41) is 3.30. The molecule has 0 aliphatic rings. The molecular formula is C16H23N3O4. The highest BCUT2D eigenvalue weighted by Gasteiger charge is 2.14. The van der Waals surface area contributed by atoms with E-state index < -0.39 is 0 Å². The zero-order valence-electron chi connectivity index (χ0n) is 13.8. The predicted molar refractivity (Wildman–Crippen MR) is 86.5 cm³/mol. The third-order valence-corrected chi connectivity index (χ3v) is 3.73. The summed E-state index contributed by atoms with van der Waals surface area (Å²) in [5.74, 6) is 0.600. The maximum Gasteiger partial charge on any atom is 0.264 e. The zero-order chi connectivity index (χ0) is 16.8. The lowest BCUT2D eigenvalue weighted by atomic mass is 10.2. The lowest BCUT2D eigenvalue weighted by Gasteiger charge is -2.07. The van der Waals surface area contributed by atoms with Crippen molar-refractivity contribution < 1.29 is 13.9 Å². The number of hydrogen-bond donors (Lipinski definition) is 1. The van der Waals surface area contributed by atoms with Crippen LogP contribution in [0.2, 0.25) is 0 Å². The average molecular weight is 321 g/mol. The van der Waals surface area contributed by atoms with Gasteiger partial charge in [-0.1, -0.05) is 0 Å². The summed E-state index contributed by atoms with van der Waals surface area (Å²) in [5.41, 5.74) is 0.974.